The second-order valence-corrected chi connectivity index (χ2v) is 11.5. The van der Waals surface area contributed by atoms with Crippen molar-refractivity contribution in [1.82, 2.24) is 4.90 Å². The van der Waals surface area contributed by atoms with Gasteiger partial charge in [0.1, 0.15) is 5.82 Å². The van der Waals surface area contributed by atoms with Crippen molar-refractivity contribution in [3.8, 4) is 0 Å². The van der Waals surface area contributed by atoms with Gasteiger partial charge in [-0.05, 0) is 110 Å². The Labute approximate surface area is 241 Å². The van der Waals surface area contributed by atoms with Crippen LogP contribution in [-0.4, -0.2) is 24.0 Å². The zero-order valence-electron chi connectivity index (χ0n) is 23.1. The molecule has 1 heterocycles. The summed E-state index contributed by atoms with van der Waals surface area (Å²) >= 11 is 0. The standard InChI is InChI=1S/C33H34F7NO/c34-29-10-6-23(7-11-29)24-14-16-41(17-15-24)30-12-8-26(9-13-30)31(25-4-2-1-3-5-25)42-21-22-18-27(32(35,36)37)20-28(19-22)33(38,39)40/h1-7,10-11,18-20,24,26,30-31H,8-9,12-17,21H2. The number of benzene rings is 3. The second-order valence-electron chi connectivity index (χ2n) is 11.5. The van der Waals surface area contributed by atoms with Crippen LogP contribution in [0.15, 0.2) is 72.8 Å². The van der Waals surface area contributed by atoms with E-state index in [1.54, 1.807) is 0 Å². The number of hydrogen-bond donors (Lipinski definition) is 0. The molecule has 2 nitrogen and oxygen atoms in total. The molecule has 1 atom stereocenters. The Bertz CT molecular complexity index is 1260. The number of hydrogen-bond acceptors (Lipinski definition) is 2. The molecule has 3 aromatic carbocycles. The molecule has 1 aliphatic heterocycles. The van der Waals surface area contributed by atoms with Gasteiger partial charge in [-0.15, -0.1) is 0 Å². The van der Waals surface area contributed by atoms with Crippen molar-refractivity contribution in [2.45, 2.75) is 75.5 Å². The van der Waals surface area contributed by atoms with Gasteiger partial charge in [-0.3, -0.25) is 0 Å². The molecular formula is C33H34F7NO. The summed E-state index contributed by atoms with van der Waals surface area (Å²) in [6.07, 6.45) is -4.64. The molecule has 5 rings (SSSR count). The van der Waals surface area contributed by atoms with Crippen LogP contribution in [0.3, 0.4) is 0 Å². The number of alkyl halides is 6. The quantitative estimate of drug-likeness (QED) is 0.253. The highest BCUT2D eigenvalue weighted by Gasteiger charge is 2.38. The summed E-state index contributed by atoms with van der Waals surface area (Å²) in [5.74, 6) is 0.280. The Morgan fingerprint density at radius 3 is 1.83 bits per heavy atom. The number of ether oxygens (including phenoxy) is 1. The lowest BCUT2D eigenvalue weighted by Crippen LogP contribution is -2.43. The Balaban J connectivity index is 1.23. The lowest BCUT2D eigenvalue weighted by molar-refractivity contribution is -0.143. The fourth-order valence-corrected chi connectivity index (χ4v) is 6.54. The molecule has 1 saturated heterocycles. The second kappa shape index (κ2) is 12.8. The van der Waals surface area contributed by atoms with Gasteiger partial charge in [0.2, 0.25) is 0 Å². The molecule has 1 saturated carbocycles. The van der Waals surface area contributed by atoms with Crippen LogP contribution in [0.2, 0.25) is 0 Å². The molecule has 2 fully saturated rings. The molecule has 0 N–H and O–H groups in total. The molecule has 0 amide bonds. The van der Waals surface area contributed by atoms with E-state index < -0.39 is 29.6 Å². The van der Waals surface area contributed by atoms with E-state index in [0.29, 0.717) is 12.0 Å². The fourth-order valence-electron chi connectivity index (χ4n) is 6.54. The van der Waals surface area contributed by atoms with Crippen molar-refractivity contribution in [2.75, 3.05) is 13.1 Å². The summed E-state index contributed by atoms with van der Waals surface area (Å²) in [6.45, 7) is 1.57. The average molecular weight is 594 g/mol. The molecule has 9 heteroatoms. The van der Waals surface area contributed by atoms with E-state index in [1.807, 2.05) is 42.5 Å². The molecule has 42 heavy (non-hydrogen) atoms. The van der Waals surface area contributed by atoms with Crippen LogP contribution in [-0.2, 0) is 23.7 Å². The lowest BCUT2D eigenvalue weighted by Gasteiger charge is -2.42. The highest BCUT2D eigenvalue weighted by Crippen LogP contribution is 2.41. The largest absolute Gasteiger partial charge is 0.416 e. The highest BCUT2D eigenvalue weighted by molar-refractivity contribution is 5.33. The van der Waals surface area contributed by atoms with E-state index in [4.69, 9.17) is 4.74 Å². The van der Waals surface area contributed by atoms with Gasteiger partial charge in [0.15, 0.2) is 0 Å². The van der Waals surface area contributed by atoms with Crippen LogP contribution < -0.4 is 0 Å². The third-order valence-electron chi connectivity index (χ3n) is 8.76. The number of rotatable bonds is 7. The van der Waals surface area contributed by atoms with Gasteiger partial charge in [0, 0.05) is 6.04 Å². The normalized spacial score (nSPS) is 21.8. The van der Waals surface area contributed by atoms with Gasteiger partial charge in [-0.25, -0.2) is 4.39 Å². The van der Waals surface area contributed by atoms with Gasteiger partial charge < -0.3 is 9.64 Å². The first-order chi connectivity index (χ1) is 20.0. The van der Waals surface area contributed by atoms with Crippen molar-refractivity contribution in [2.24, 2.45) is 5.92 Å². The minimum atomic E-state index is -4.90. The number of piperidine rings is 1. The highest BCUT2D eigenvalue weighted by atomic mass is 19.4. The Hall–Kier alpha value is -2.91. The summed E-state index contributed by atoms with van der Waals surface area (Å²) in [7, 11) is 0. The molecule has 0 bridgehead atoms. The van der Waals surface area contributed by atoms with Gasteiger partial charge in [-0.2, -0.15) is 26.3 Å². The van der Waals surface area contributed by atoms with Gasteiger partial charge in [0.25, 0.3) is 0 Å². The maximum absolute atomic E-state index is 13.4. The molecule has 3 aromatic rings. The fraction of sp³-hybridized carbons (Fsp3) is 0.455. The predicted octanol–water partition coefficient (Wildman–Crippen LogP) is 9.56. The van der Waals surface area contributed by atoms with Crippen molar-refractivity contribution in [3.05, 3.63) is 106 Å². The first-order valence-corrected chi connectivity index (χ1v) is 14.4. The van der Waals surface area contributed by atoms with Gasteiger partial charge >= 0.3 is 12.4 Å². The molecule has 0 aromatic heterocycles. The molecule has 0 radical (unpaired) electrons. The molecule has 2 aliphatic rings. The summed E-state index contributed by atoms with van der Waals surface area (Å²) in [5, 5.41) is 0. The summed E-state index contributed by atoms with van der Waals surface area (Å²) in [4.78, 5) is 2.52. The Morgan fingerprint density at radius 2 is 1.29 bits per heavy atom. The van der Waals surface area contributed by atoms with E-state index in [0.717, 1.165) is 69.3 Å². The topological polar surface area (TPSA) is 12.5 Å². The number of nitrogens with zero attached hydrogens (tertiary/aromatic N) is 1. The third kappa shape index (κ3) is 7.53. The van der Waals surface area contributed by atoms with Crippen LogP contribution in [0.4, 0.5) is 30.7 Å². The smallest absolute Gasteiger partial charge is 0.369 e. The number of likely N-dealkylation sites (tertiary alicyclic amines) is 1. The van der Waals surface area contributed by atoms with Crippen molar-refractivity contribution in [3.63, 3.8) is 0 Å². The average Bonchev–Trinajstić information content (AvgIpc) is 2.98. The van der Waals surface area contributed by atoms with E-state index in [-0.39, 0.29) is 30.0 Å². The SMILES string of the molecule is Fc1ccc(C2CCN(C3CCC(C(OCc4cc(C(F)(F)F)cc(C(F)(F)F)c4)c4ccccc4)CC3)CC2)cc1. The summed E-state index contributed by atoms with van der Waals surface area (Å²) < 4.78 is 99.7. The maximum atomic E-state index is 13.4. The summed E-state index contributed by atoms with van der Waals surface area (Å²) in [6, 6.07) is 18.2. The monoisotopic (exact) mass is 593 g/mol. The lowest BCUT2D eigenvalue weighted by atomic mass is 9.79. The molecule has 0 spiro atoms. The first-order valence-electron chi connectivity index (χ1n) is 14.4. The van der Waals surface area contributed by atoms with Crippen LogP contribution in [0.25, 0.3) is 0 Å². The van der Waals surface area contributed by atoms with Crippen molar-refractivity contribution in [1.29, 1.82) is 0 Å². The third-order valence-corrected chi connectivity index (χ3v) is 8.76. The van der Waals surface area contributed by atoms with Crippen molar-refractivity contribution < 1.29 is 35.5 Å². The van der Waals surface area contributed by atoms with Gasteiger partial charge in [0.05, 0.1) is 23.8 Å². The molecule has 1 unspecified atom stereocenters. The number of halogens is 7. The van der Waals surface area contributed by atoms with E-state index in [9.17, 15) is 30.7 Å². The van der Waals surface area contributed by atoms with Gasteiger partial charge in [-0.1, -0.05) is 42.5 Å². The minimum absolute atomic E-state index is 0.0910. The minimum Gasteiger partial charge on any atom is -0.369 e. The zero-order chi connectivity index (χ0) is 29.9. The Kier molecular flexibility index (Phi) is 9.28. The van der Waals surface area contributed by atoms with E-state index >= 15 is 0 Å². The summed E-state index contributed by atoms with van der Waals surface area (Å²) in [5.41, 5.74) is -0.794. The van der Waals surface area contributed by atoms with E-state index in [2.05, 4.69) is 4.90 Å². The molecule has 226 valence electrons. The predicted molar refractivity (Wildman–Crippen MR) is 146 cm³/mol. The molecular weight excluding hydrogens is 559 g/mol. The Morgan fingerprint density at radius 1 is 0.714 bits per heavy atom. The first kappa shape index (κ1) is 30.5. The molecule has 1 aliphatic carbocycles. The zero-order valence-corrected chi connectivity index (χ0v) is 23.1. The van der Waals surface area contributed by atoms with E-state index in [1.165, 1.54) is 17.7 Å². The van der Waals surface area contributed by atoms with Crippen LogP contribution in [0, 0.1) is 11.7 Å². The van der Waals surface area contributed by atoms with Crippen LogP contribution >= 0.6 is 0 Å². The van der Waals surface area contributed by atoms with Crippen LogP contribution in [0.1, 0.15) is 78.4 Å². The van der Waals surface area contributed by atoms with Crippen molar-refractivity contribution >= 4 is 0 Å². The van der Waals surface area contributed by atoms with Crippen LogP contribution in [0.5, 0.6) is 0 Å². The maximum Gasteiger partial charge on any atom is 0.416 e.